The second-order valence-electron chi connectivity index (χ2n) is 7.74. The number of ketones is 4. The van der Waals surface area contributed by atoms with Crippen LogP contribution in [0, 0.1) is 0 Å². The van der Waals surface area contributed by atoms with Gasteiger partial charge in [-0.15, -0.1) is 0 Å². The Morgan fingerprint density at radius 2 is 1.03 bits per heavy atom. The van der Waals surface area contributed by atoms with Crippen LogP contribution in [0.15, 0.2) is 0 Å². The van der Waals surface area contributed by atoms with Crippen LogP contribution in [0.25, 0.3) is 0 Å². The summed E-state index contributed by atoms with van der Waals surface area (Å²) in [6.07, 6.45) is 1.31. The van der Waals surface area contributed by atoms with Crippen molar-refractivity contribution in [2.45, 2.75) is 90.8 Å². The van der Waals surface area contributed by atoms with Gasteiger partial charge in [0.1, 0.15) is 29.2 Å². The van der Waals surface area contributed by atoms with Crippen LogP contribution in [0.1, 0.15) is 72.6 Å². The molecule has 0 rings (SSSR count). The number of hydrogen-bond donors (Lipinski definition) is 3. The fraction of sp³-hybridized carbons (Fsp3) is 0.714. The maximum atomic E-state index is 12.8. The van der Waals surface area contributed by atoms with Crippen molar-refractivity contribution in [1.82, 2.24) is 16.0 Å². The molecule has 0 aliphatic rings. The van der Waals surface area contributed by atoms with Crippen LogP contribution in [0.3, 0.4) is 0 Å². The lowest BCUT2D eigenvalue weighted by Crippen LogP contribution is -2.54. The van der Waals surface area contributed by atoms with E-state index in [-0.39, 0.29) is 61.7 Å². The summed E-state index contributed by atoms with van der Waals surface area (Å²) in [7, 11) is 1.58. The SMILES string of the molecule is CNC(CCC(C)=O)C(=O)NC(CCC(C)=O)C(=O)NC(CCC(C)=O)CC(C)=O. The smallest absolute Gasteiger partial charge is 0.242 e. The summed E-state index contributed by atoms with van der Waals surface area (Å²) < 4.78 is 0. The van der Waals surface area contributed by atoms with E-state index in [4.69, 9.17) is 0 Å². The second-order valence-corrected chi connectivity index (χ2v) is 7.74. The van der Waals surface area contributed by atoms with Crippen molar-refractivity contribution in [3.05, 3.63) is 0 Å². The highest BCUT2D eigenvalue weighted by molar-refractivity contribution is 5.91. The molecule has 0 fully saturated rings. The number of carbonyl (C=O) groups is 6. The molecule has 0 aliphatic heterocycles. The van der Waals surface area contributed by atoms with Crippen LogP contribution >= 0.6 is 0 Å². The molecule has 0 spiro atoms. The van der Waals surface area contributed by atoms with Gasteiger partial charge in [0.15, 0.2) is 0 Å². The zero-order valence-electron chi connectivity index (χ0n) is 18.6. The van der Waals surface area contributed by atoms with Crippen molar-refractivity contribution in [2.24, 2.45) is 0 Å². The maximum Gasteiger partial charge on any atom is 0.242 e. The Morgan fingerprint density at radius 3 is 1.47 bits per heavy atom. The first-order chi connectivity index (χ1) is 14.0. The molecule has 0 radical (unpaired) electrons. The molecular weight excluding hydrogens is 390 g/mol. The summed E-state index contributed by atoms with van der Waals surface area (Å²) >= 11 is 0. The predicted molar refractivity (Wildman–Crippen MR) is 112 cm³/mol. The molecule has 3 atom stereocenters. The Hall–Kier alpha value is -2.42. The van der Waals surface area contributed by atoms with Crippen molar-refractivity contribution < 1.29 is 28.8 Å². The van der Waals surface area contributed by atoms with Crippen molar-refractivity contribution >= 4 is 34.9 Å². The topological polar surface area (TPSA) is 139 Å². The molecule has 30 heavy (non-hydrogen) atoms. The van der Waals surface area contributed by atoms with Crippen LogP contribution in [0.5, 0.6) is 0 Å². The van der Waals surface area contributed by atoms with Gasteiger partial charge in [0.2, 0.25) is 11.8 Å². The molecule has 0 saturated heterocycles. The van der Waals surface area contributed by atoms with Crippen molar-refractivity contribution in [2.75, 3.05) is 7.05 Å². The molecule has 0 heterocycles. The van der Waals surface area contributed by atoms with Gasteiger partial charge in [0, 0.05) is 31.7 Å². The minimum atomic E-state index is -0.971. The zero-order chi connectivity index (χ0) is 23.3. The van der Waals surface area contributed by atoms with Crippen LogP contribution in [-0.4, -0.2) is 60.1 Å². The zero-order valence-corrected chi connectivity index (χ0v) is 18.6. The third-order valence-corrected chi connectivity index (χ3v) is 4.59. The number of hydrogen-bond acceptors (Lipinski definition) is 7. The van der Waals surface area contributed by atoms with E-state index in [0.717, 1.165) is 0 Å². The van der Waals surface area contributed by atoms with Crippen LogP contribution in [0.2, 0.25) is 0 Å². The van der Waals surface area contributed by atoms with Crippen molar-refractivity contribution in [3.8, 4) is 0 Å². The van der Waals surface area contributed by atoms with E-state index >= 15 is 0 Å². The van der Waals surface area contributed by atoms with Gasteiger partial charge in [-0.05, 0) is 54.0 Å². The number of amides is 2. The molecular formula is C21H35N3O6. The third-order valence-electron chi connectivity index (χ3n) is 4.59. The fourth-order valence-electron chi connectivity index (χ4n) is 2.89. The Balaban J connectivity index is 5.24. The van der Waals surface area contributed by atoms with Gasteiger partial charge >= 0.3 is 0 Å². The molecule has 3 N–H and O–H groups in total. The highest BCUT2D eigenvalue weighted by atomic mass is 16.2. The first-order valence-corrected chi connectivity index (χ1v) is 10.2. The second kappa shape index (κ2) is 14.5. The lowest BCUT2D eigenvalue weighted by atomic mass is 10.0. The van der Waals surface area contributed by atoms with Crippen LogP contribution in [0.4, 0.5) is 0 Å². The quantitative estimate of drug-likeness (QED) is 0.330. The molecule has 0 aliphatic carbocycles. The molecule has 0 aromatic rings. The summed E-state index contributed by atoms with van der Waals surface area (Å²) in [4.78, 5) is 70.7. The average molecular weight is 426 g/mol. The number of Topliss-reactive ketones (excluding diaryl/α,β-unsaturated/α-hetero) is 4. The largest absolute Gasteiger partial charge is 0.351 e. The number of rotatable bonds is 16. The highest BCUT2D eigenvalue weighted by Crippen LogP contribution is 2.08. The van der Waals surface area contributed by atoms with E-state index in [1.807, 2.05) is 0 Å². The minimum Gasteiger partial charge on any atom is -0.351 e. The Labute approximate surface area is 178 Å². The first kappa shape index (κ1) is 27.6. The highest BCUT2D eigenvalue weighted by Gasteiger charge is 2.27. The fourth-order valence-corrected chi connectivity index (χ4v) is 2.89. The van der Waals surface area contributed by atoms with E-state index in [0.29, 0.717) is 6.42 Å². The third kappa shape index (κ3) is 12.9. The van der Waals surface area contributed by atoms with Gasteiger partial charge in [0.05, 0.1) is 6.04 Å². The monoisotopic (exact) mass is 425 g/mol. The Kier molecular flexibility index (Phi) is 13.4. The molecule has 3 unspecified atom stereocenters. The predicted octanol–water partition coefficient (Wildman–Crippen LogP) is 0.631. The number of likely N-dealkylation sites (N-methyl/N-ethyl adjacent to an activating group) is 1. The van der Waals surface area contributed by atoms with Gasteiger partial charge in [-0.25, -0.2) is 0 Å². The van der Waals surface area contributed by atoms with Gasteiger partial charge in [0.25, 0.3) is 0 Å². The van der Waals surface area contributed by atoms with Crippen LogP contribution < -0.4 is 16.0 Å². The molecule has 2 amide bonds. The van der Waals surface area contributed by atoms with E-state index < -0.39 is 29.9 Å². The number of nitrogens with one attached hydrogen (secondary N) is 3. The molecule has 0 saturated carbocycles. The standard InChI is InChI=1S/C21H35N3O6/c1-13(25)6-9-17(12-16(4)28)23-21(30)19(11-8-15(3)27)24-20(29)18(22-5)10-7-14(2)26/h17-19,22H,6-12H2,1-5H3,(H,23,30)(H,24,29). The lowest BCUT2D eigenvalue weighted by molar-refractivity contribution is -0.131. The Morgan fingerprint density at radius 1 is 0.600 bits per heavy atom. The van der Waals surface area contributed by atoms with Crippen molar-refractivity contribution in [1.29, 1.82) is 0 Å². The molecule has 0 aromatic heterocycles. The normalized spacial score (nSPS) is 13.6. The average Bonchev–Trinajstić information content (AvgIpc) is 2.62. The molecule has 9 heteroatoms. The van der Waals surface area contributed by atoms with E-state index in [2.05, 4.69) is 16.0 Å². The van der Waals surface area contributed by atoms with Gasteiger partial charge in [-0.1, -0.05) is 0 Å². The molecule has 0 bridgehead atoms. The lowest BCUT2D eigenvalue weighted by Gasteiger charge is -2.24. The summed E-state index contributed by atoms with van der Waals surface area (Å²) in [6.45, 7) is 5.66. The molecule has 9 nitrogen and oxygen atoms in total. The Bertz CT molecular complexity index is 647. The van der Waals surface area contributed by atoms with Crippen molar-refractivity contribution in [3.63, 3.8) is 0 Å². The summed E-state index contributed by atoms with van der Waals surface area (Å²) in [5, 5.41) is 8.19. The molecule has 0 aromatic carbocycles. The van der Waals surface area contributed by atoms with E-state index in [9.17, 15) is 28.8 Å². The van der Waals surface area contributed by atoms with Crippen LogP contribution in [-0.2, 0) is 28.8 Å². The minimum absolute atomic E-state index is 0.0496. The van der Waals surface area contributed by atoms with Gasteiger partial charge in [-0.2, -0.15) is 0 Å². The molecule has 170 valence electrons. The summed E-state index contributed by atoms with van der Waals surface area (Å²) in [5.41, 5.74) is 0. The van der Waals surface area contributed by atoms with E-state index in [1.54, 1.807) is 7.05 Å². The summed E-state index contributed by atoms with van der Waals surface area (Å²) in [6, 6.07) is -2.16. The first-order valence-electron chi connectivity index (χ1n) is 10.2. The maximum absolute atomic E-state index is 12.8. The number of carbonyl (C=O) groups excluding carboxylic acids is 6. The van der Waals surface area contributed by atoms with Gasteiger partial charge in [-0.3, -0.25) is 14.4 Å². The van der Waals surface area contributed by atoms with E-state index in [1.165, 1.54) is 27.7 Å². The van der Waals surface area contributed by atoms with Gasteiger partial charge < -0.3 is 30.3 Å². The summed E-state index contributed by atoms with van der Waals surface area (Å²) in [5.74, 6) is -1.32.